The van der Waals surface area contributed by atoms with Crippen molar-refractivity contribution in [2.45, 2.75) is 53.0 Å². The number of aliphatic carboxylic acids is 1. The molecule has 0 radical (unpaired) electrons. The van der Waals surface area contributed by atoms with Crippen molar-refractivity contribution in [2.24, 2.45) is 11.3 Å². The third-order valence-electron chi connectivity index (χ3n) is 3.75. The summed E-state index contributed by atoms with van der Waals surface area (Å²) in [5.74, 6) is -0.399. The van der Waals surface area contributed by atoms with E-state index in [2.05, 4.69) is 5.32 Å². The molecule has 0 aliphatic heterocycles. The Bertz CT molecular complexity index is 332. The van der Waals surface area contributed by atoms with Crippen LogP contribution in [0.5, 0.6) is 0 Å². The lowest BCUT2D eigenvalue weighted by molar-refractivity contribution is -0.142. The zero-order chi connectivity index (χ0) is 14.6. The number of hydrogen-bond acceptors (Lipinski definition) is 2. The molecule has 110 valence electrons. The Morgan fingerprint density at radius 2 is 1.95 bits per heavy atom. The zero-order valence-electron chi connectivity index (χ0n) is 12.4. The maximum Gasteiger partial charge on any atom is 0.326 e. The molecule has 0 heterocycles. The summed E-state index contributed by atoms with van der Waals surface area (Å²) in [4.78, 5) is 25.1. The van der Waals surface area contributed by atoms with Gasteiger partial charge in [0.25, 0.3) is 0 Å². The Morgan fingerprint density at radius 3 is 2.26 bits per heavy atom. The first-order valence-electron chi connectivity index (χ1n) is 7.04. The lowest BCUT2D eigenvalue weighted by Crippen LogP contribution is -2.54. The number of nitrogens with zero attached hydrogens (tertiary/aromatic N) is 1. The second-order valence-corrected chi connectivity index (χ2v) is 6.42. The van der Waals surface area contributed by atoms with E-state index >= 15 is 0 Å². The Hall–Kier alpha value is -1.26. The van der Waals surface area contributed by atoms with Crippen LogP contribution in [0.4, 0.5) is 4.79 Å². The molecule has 0 unspecified atom stereocenters. The number of hydrogen-bond donors (Lipinski definition) is 2. The zero-order valence-corrected chi connectivity index (χ0v) is 12.4. The molecule has 2 amide bonds. The van der Waals surface area contributed by atoms with Crippen molar-refractivity contribution in [3.05, 3.63) is 0 Å². The fourth-order valence-corrected chi connectivity index (χ4v) is 2.21. The minimum Gasteiger partial charge on any atom is -0.480 e. The molecule has 0 spiro atoms. The summed E-state index contributed by atoms with van der Waals surface area (Å²) in [6.45, 7) is 8.71. The molecular weight excluding hydrogens is 244 g/mol. The Morgan fingerprint density at radius 1 is 1.37 bits per heavy atom. The number of carboxylic acid groups (broad SMARTS) is 1. The summed E-state index contributed by atoms with van der Waals surface area (Å²) in [6.07, 6.45) is 3.58. The fraction of sp³-hybridized carbons (Fsp3) is 0.857. The SMILES string of the molecule is CCN(CC1CCC1)C(=O)N[C@H](C(=O)O)C(C)(C)C. The smallest absolute Gasteiger partial charge is 0.326 e. The number of urea groups is 1. The van der Waals surface area contributed by atoms with Crippen LogP contribution in [0.3, 0.4) is 0 Å². The van der Waals surface area contributed by atoms with Gasteiger partial charge in [-0.05, 0) is 31.1 Å². The molecule has 1 rings (SSSR count). The lowest BCUT2D eigenvalue weighted by Gasteiger charge is -2.34. The Balaban J connectivity index is 2.60. The third kappa shape index (κ3) is 4.40. The molecule has 19 heavy (non-hydrogen) atoms. The third-order valence-corrected chi connectivity index (χ3v) is 3.75. The van der Waals surface area contributed by atoms with Crippen molar-refractivity contribution in [3.63, 3.8) is 0 Å². The maximum absolute atomic E-state index is 12.2. The second kappa shape index (κ2) is 6.26. The predicted molar refractivity (Wildman–Crippen MR) is 74.0 cm³/mol. The summed E-state index contributed by atoms with van der Waals surface area (Å²) >= 11 is 0. The van der Waals surface area contributed by atoms with Gasteiger partial charge in [0, 0.05) is 13.1 Å². The number of carbonyl (C=O) groups is 2. The Kier molecular flexibility index (Phi) is 5.20. The highest BCUT2D eigenvalue weighted by atomic mass is 16.4. The van der Waals surface area contributed by atoms with E-state index in [1.54, 1.807) is 4.90 Å². The van der Waals surface area contributed by atoms with Crippen LogP contribution >= 0.6 is 0 Å². The molecule has 1 aliphatic rings. The molecule has 0 aromatic rings. The summed E-state index contributed by atoms with van der Waals surface area (Å²) in [7, 11) is 0. The number of rotatable bonds is 5. The highest BCUT2D eigenvalue weighted by Crippen LogP contribution is 2.27. The summed E-state index contributed by atoms with van der Waals surface area (Å²) < 4.78 is 0. The molecule has 1 saturated carbocycles. The van der Waals surface area contributed by atoms with Gasteiger partial charge in [-0.15, -0.1) is 0 Å². The predicted octanol–water partition coefficient (Wildman–Crippen LogP) is 2.32. The fourth-order valence-electron chi connectivity index (χ4n) is 2.21. The average molecular weight is 270 g/mol. The van der Waals surface area contributed by atoms with Gasteiger partial charge in [-0.1, -0.05) is 27.2 Å². The van der Waals surface area contributed by atoms with E-state index in [1.807, 2.05) is 27.7 Å². The average Bonchev–Trinajstić information content (AvgIpc) is 2.22. The molecule has 0 aromatic heterocycles. The monoisotopic (exact) mass is 270 g/mol. The molecule has 0 saturated heterocycles. The van der Waals surface area contributed by atoms with Crippen LogP contribution in [0.25, 0.3) is 0 Å². The first-order valence-corrected chi connectivity index (χ1v) is 7.04. The molecule has 0 aromatic carbocycles. The molecule has 1 aliphatic carbocycles. The van der Waals surface area contributed by atoms with E-state index in [1.165, 1.54) is 19.3 Å². The highest BCUT2D eigenvalue weighted by molar-refractivity contribution is 5.83. The first kappa shape index (κ1) is 15.8. The van der Waals surface area contributed by atoms with E-state index in [0.29, 0.717) is 12.5 Å². The van der Waals surface area contributed by atoms with Crippen LogP contribution in [0.15, 0.2) is 0 Å². The number of carbonyl (C=O) groups excluding carboxylic acids is 1. The van der Waals surface area contributed by atoms with Gasteiger partial charge in [-0.2, -0.15) is 0 Å². The van der Waals surface area contributed by atoms with E-state index in [4.69, 9.17) is 0 Å². The molecule has 5 nitrogen and oxygen atoms in total. The standard InChI is InChI=1S/C14H26N2O3/c1-5-16(9-10-7-6-8-10)13(19)15-11(12(17)18)14(2,3)4/h10-11H,5-9H2,1-4H3,(H,15,19)(H,17,18)/t11-/m1/s1. The van der Waals surface area contributed by atoms with Gasteiger partial charge in [0.2, 0.25) is 0 Å². The molecule has 1 fully saturated rings. The van der Waals surface area contributed by atoms with Crippen molar-refractivity contribution >= 4 is 12.0 Å². The van der Waals surface area contributed by atoms with Gasteiger partial charge in [0.15, 0.2) is 0 Å². The van der Waals surface area contributed by atoms with Gasteiger partial charge < -0.3 is 15.3 Å². The highest BCUT2D eigenvalue weighted by Gasteiger charge is 2.34. The van der Waals surface area contributed by atoms with E-state index in [9.17, 15) is 14.7 Å². The van der Waals surface area contributed by atoms with Crippen molar-refractivity contribution in [1.82, 2.24) is 10.2 Å². The van der Waals surface area contributed by atoms with Crippen molar-refractivity contribution < 1.29 is 14.7 Å². The number of amides is 2. The van der Waals surface area contributed by atoms with Gasteiger partial charge in [0.05, 0.1) is 0 Å². The van der Waals surface area contributed by atoms with Crippen LogP contribution in [0.2, 0.25) is 0 Å². The molecular formula is C14H26N2O3. The van der Waals surface area contributed by atoms with Gasteiger partial charge in [-0.25, -0.2) is 9.59 Å². The molecule has 5 heteroatoms. The summed E-state index contributed by atoms with van der Waals surface area (Å²) in [6, 6.07) is -1.13. The number of nitrogens with one attached hydrogen (secondary N) is 1. The summed E-state index contributed by atoms with van der Waals surface area (Å²) in [5.41, 5.74) is -0.503. The normalized spacial score (nSPS) is 17.5. The second-order valence-electron chi connectivity index (χ2n) is 6.42. The van der Waals surface area contributed by atoms with E-state index in [-0.39, 0.29) is 6.03 Å². The van der Waals surface area contributed by atoms with Crippen LogP contribution in [-0.4, -0.2) is 41.1 Å². The number of carboxylic acids is 1. The van der Waals surface area contributed by atoms with Gasteiger partial charge in [-0.3, -0.25) is 0 Å². The molecule has 0 bridgehead atoms. The van der Waals surface area contributed by atoms with Crippen LogP contribution in [-0.2, 0) is 4.79 Å². The maximum atomic E-state index is 12.2. The summed E-state index contributed by atoms with van der Waals surface area (Å²) in [5, 5.41) is 11.9. The van der Waals surface area contributed by atoms with Crippen LogP contribution in [0, 0.1) is 11.3 Å². The van der Waals surface area contributed by atoms with E-state index in [0.717, 1.165) is 6.54 Å². The molecule has 2 N–H and O–H groups in total. The van der Waals surface area contributed by atoms with Crippen molar-refractivity contribution in [3.8, 4) is 0 Å². The lowest BCUT2D eigenvalue weighted by atomic mass is 9.85. The van der Waals surface area contributed by atoms with Gasteiger partial charge in [0.1, 0.15) is 6.04 Å². The Labute approximate surface area is 115 Å². The van der Waals surface area contributed by atoms with Crippen LogP contribution in [0.1, 0.15) is 47.0 Å². The van der Waals surface area contributed by atoms with Crippen LogP contribution < -0.4 is 5.32 Å². The first-order chi connectivity index (χ1) is 8.75. The largest absolute Gasteiger partial charge is 0.480 e. The minimum absolute atomic E-state index is 0.267. The van der Waals surface area contributed by atoms with E-state index < -0.39 is 17.4 Å². The quantitative estimate of drug-likeness (QED) is 0.805. The van der Waals surface area contributed by atoms with Crippen molar-refractivity contribution in [1.29, 1.82) is 0 Å². The van der Waals surface area contributed by atoms with Gasteiger partial charge >= 0.3 is 12.0 Å². The topological polar surface area (TPSA) is 69.6 Å². The van der Waals surface area contributed by atoms with Crippen molar-refractivity contribution in [2.75, 3.05) is 13.1 Å². The molecule has 1 atom stereocenters. The minimum atomic E-state index is -0.986.